The number of guanidine groups is 1. The van der Waals surface area contributed by atoms with Crippen LogP contribution in [0.5, 0.6) is 0 Å². The zero-order chi connectivity index (χ0) is 16.2. The van der Waals surface area contributed by atoms with Crippen molar-refractivity contribution >= 4 is 40.8 Å². The molecule has 1 aliphatic heterocycles. The topological polar surface area (TPSA) is 90.5 Å². The van der Waals surface area contributed by atoms with Gasteiger partial charge in [0, 0.05) is 13.1 Å². The minimum atomic E-state index is -3.64. The SMILES string of the molecule is CCCCN1CCN(S(=O)(=O)c2ccc(CCN)cc2)C1=N.Cl.Cl. The van der Waals surface area contributed by atoms with Gasteiger partial charge in [0.25, 0.3) is 10.0 Å². The summed E-state index contributed by atoms with van der Waals surface area (Å²) < 4.78 is 26.5. The second kappa shape index (κ2) is 10.1. The highest BCUT2D eigenvalue weighted by molar-refractivity contribution is 7.89. The van der Waals surface area contributed by atoms with Crippen LogP contribution < -0.4 is 5.73 Å². The molecule has 0 unspecified atom stereocenters. The van der Waals surface area contributed by atoms with Gasteiger partial charge in [-0.15, -0.1) is 24.8 Å². The highest BCUT2D eigenvalue weighted by Crippen LogP contribution is 2.21. The largest absolute Gasteiger partial charge is 0.340 e. The van der Waals surface area contributed by atoms with E-state index < -0.39 is 10.0 Å². The molecule has 1 aliphatic rings. The summed E-state index contributed by atoms with van der Waals surface area (Å²) in [6, 6.07) is 6.77. The van der Waals surface area contributed by atoms with E-state index in [2.05, 4.69) is 6.92 Å². The van der Waals surface area contributed by atoms with E-state index in [4.69, 9.17) is 11.1 Å². The maximum absolute atomic E-state index is 12.7. The Morgan fingerprint density at radius 3 is 2.33 bits per heavy atom. The van der Waals surface area contributed by atoms with Crippen LogP contribution in [0.1, 0.15) is 25.3 Å². The highest BCUT2D eigenvalue weighted by Gasteiger charge is 2.34. The second-order valence-corrected chi connectivity index (χ2v) is 7.29. The maximum atomic E-state index is 12.7. The fraction of sp³-hybridized carbons (Fsp3) is 0.533. The normalized spacial score (nSPS) is 14.3. The summed E-state index contributed by atoms with van der Waals surface area (Å²) in [4.78, 5) is 2.06. The van der Waals surface area contributed by atoms with Gasteiger partial charge in [0.2, 0.25) is 5.96 Å². The van der Waals surface area contributed by atoms with Crippen LogP contribution in [0.3, 0.4) is 0 Å². The summed E-state index contributed by atoms with van der Waals surface area (Å²) in [5.74, 6) is 0.0829. The number of hydrogen-bond donors (Lipinski definition) is 2. The average Bonchev–Trinajstić information content (AvgIpc) is 2.88. The standard InChI is InChI=1S/C15H24N4O2S.2ClH/c1-2-3-10-18-11-12-19(15(18)17)22(20,21)14-6-4-13(5-7-14)8-9-16;;/h4-7,17H,2-3,8-12,16H2,1H3;2*1H. The molecule has 1 saturated heterocycles. The first-order chi connectivity index (χ1) is 10.5. The molecular formula is C15H26Cl2N4O2S. The van der Waals surface area contributed by atoms with Crippen molar-refractivity contribution in [3.8, 4) is 0 Å². The predicted molar refractivity (Wildman–Crippen MR) is 102 cm³/mol. The quantitative estimate of drug-likeness (QED) is 0.737. The van der Waals surface area contributed by atoms with Gasteiger partial charge in [0.15, 0.2) is 0 Å². The van der Waals surface area contributed by atoms with E-state index in [1.165, 1.54) is 4.31 Å². The number of benzene rings is 1. The Labute approximate surface area is 156 Å². The van der Waals surface area contributed by atoms with Crippen molar-refractivity contribution in [1.29, 1.82) is 5.41 Å². The third-order valence-corrected chi connectivity index (χ3v) is 5.64. The Bertz CT molecular complexity index is 623. The zero-order valence-electron chi connectivity index (χ0n) is 13.8. The van der Waals surface area contributed by atoms with Gasteiger partial charge in [0.05, 0.1) is 11.4 Å². The van der Waals surface area contributed by atoms with Crippen LogP contribution in [0.4, 0.5) is 0 Å². The molecule has 0 aromatic heterocycles. The smallest absolute Gasteiger partial charge is 0.266 e. The number of hydrogen-bond acceptors (Lipinski definition) is 4. The Morgan fingerprint density at radius 1 is 1.17 bits per heavy atom. The van der Waals surface area contributed by atoms with E-state index in [0.29, 0.717) is 19.6 Å². The molecule has 0 radical (unpaired) electrons. The second-order valence-electron chi connectivity index (χ2n) is 5.42. The molecule has 0 saturated carbocycles. The van der Waals surface area contributed by atoms with Crippen LogP contribution in [0.2, 0.25) is 0 Å². The van der Waals surface area contributed by atoms with Crippen molar-refractivity contribution < 1.29 is 8.42 Å². The summed E-state index contributed by atoms with van der Waals surface area (Å²) in [5, 5.41) is 8.11. The van der Waals surface area contributed by atoms with Crippen LogP contribution >= 0.6 is 24.8 Å². The Kier molecular flexibility index (Phi) is 9.65. The van der Waals surface area contributed by atoms with Gasteiger partial charge in [-0.1, -0.05) is 25.5 Å². The number of nitrogens with two attached hydrogens (primary N) is 1. The lowest BCUT2D eigenvalue weighted by Gasteiger charge is -2.21. The molecule has 0 spiro atoms. The average molecular weight is 397 g/mol. The third-order valence-electron chi connectivity index (χ3n) is 3.83. The van der Waals surface area contributed by atoms with Crippen LogP contribution in [-0.4, -0.2) is 49.8 Å². The monoisotopic (exact) mass is 396 g/mol. The minimum Gasteiger partial charge on any atom is -0.340 e. The molecule has 6 nitrogen and oxygen atoms in total. The van der Waals surface area contributed by atoms with Gasteiger partial charge in [-0.3, -0.25) is 5.41 Å². The highest BCUT2D eigenvalue weighted by atomic mass is 35.5. The first kappa shape index (κ1) is 23.0. The lowest BCUT2D eigenvalue weighted by molar-refractivity contribution is 0.445. The number of rotatable bonds is 7. The molecule has 138 valence electrons. The number of halogens is 2. The van der Waals surface area contributed by atoms with Gasteiger partial charge < -0.3 is 10.6 Å². The minimum absolute atomic E-state index is 0. The fourth-order valence-corrected chi connectivity index (χ4v) is 3.90. The van der Waals surface area contributed by atoms with Gasteiger partial charge in [-0.25, -0.2) is 12.7 Å². The summed E-state index contributed by atoms with van der Waals surface area (Å²) in [7, 11) is -3.64. The number of unbranched alkanes of at least 4 members (excludes halogenated alkanes) is 1. The lowest BCUT2D eigenvalue weighted by atomic mass is 10.2. The molecule has 0 amide bonds. The van der Waals surface area contributed by atoms with E-state index in [1.807, 2.05) is 4.90 Å². The van der Waals surface area contributed by atoms with Crippen LogP contribution in [0.25, 0.3) is 0 Å². The molecule has 2 rings (SSSR count). The molecule has 1 aromatic rings. The summed E-state index contributed by atoms with van der Waals surface area (Å²) >= 11 is 0. The Morgan fingerprint density at radius 2 is 1.79 bits per heavy atom. The van der Waals surface area contributed by atoms with E-state index in [-0.39, 0.29) is 35.7 Å². The van der Waals surface area contributed by atoms with Crippen LogP contribution in [0.15, 0.2) is 29.2 Å². The van der Waals surface area contributed by atoms with Crippen molar-refractivity contribution in [2.75, 3.05) is 26.2 Å². The summed E-state index contributed by atoms with van der Waals surface area (Å²) in [6.45, 7) is 4.28. The lowest BCUT2D eigenvalue weighted by Crippen LogP contribution is -2.37. The molecule has 0 bridgehead atoms. The molecule has 0 aliphatic carbocycles. The molecule has 24 heavy (non-hydrogen) atoms. The maximum Gasteiger partial charge on any atom is 0.266 e. The molecule has 9 heteroatoms. The van der Waals surface area contributed by atoms with Gasteiger partial charge in [-0.2, -0.15) is 0 Å². The summed E-state index contributed by atoms with van der Waals surface area (Å²) in [6.07, 6.45) is 2.72. The molecule has 1 heterocycles. The fourth-order valence-electron chi connectivity index (χ4n) is 2.50. The van der Waals surface area contributed by atoms with Crippen molar-refractivity contribution in [2.45, 2.75) is 31.1 Å². The van der Waals surface area contributed by atoms with Crippen LogP contribution in [-0.2, 0) is 16.4 Å². The number of sulfonamides is 1. The van der Waals surface area contributed by atoms with Crippen molar-refractivity contribution in [3.63, 3.8) is 0 Å². The molecular weight excluding hydrogens is 371 g/mol. The van der Waals surface area contributed by atoms with Crippen LogP contribution in [0, 0.1) is 5.41 Å². The van der Waals surface area contributed by atoms with Crippen molar-refractivity contribution in [3.05, 3.63) is 29.8 Å². The zero-order valence-corrected chi connectivity index (χ0v) is 16.2. The third kappa shape index (κ3) is 4.99. The van der Waals surface area contributed by atoms with E-state index in [0.717, 1.165) is 31.4 Å². The Hall–Kier alpha value is -1.02. The molecule has 1 fully saturated rings. The Balaban J connectivity index is 0.00000264. The van der Waals surface area contributed by atoms with E-state index >= 15 is 0 Å². The van der Waals surface area contributed by atoms with Gasteiger partial charge >= 0.3 is 0 Å². The van der Waals surface area contributed by atoms with Crippen molar-refractivity contribution in [2.24, 2.45) is 5.73 Å². The summed E-state index contributed by atoms with van der Waals surface area (Å²) in [5.41, 5.74) is 6.51. The number of nitrogens with zero attached hydrogens (tertiary/aromatic N) is 2. The first-order valence-corrected chi connectivity index (χ1v) is 9.10. The number of nitrogens with one attached hydrogen (secondary N) is 1. The molecule has 1 aromatic carbocycles. The first-order valence-electron chi connectivity index (χ1n) is 7.66. The van der Waals surface area contributed by atoms with E-state index in [1.54, 1.807) is 24.3 Å². The van der Waals surface area contributed by atoms with Gasteiger partial charge in [-0.05, 0) is 37.1 Å². The van der Waals surface area contributed by atoms with E-state index in [9.17, 15) is 8.42 Å². The van der Waals surface area contributed by atoms with Gasteiger partial charge in [0.1, 0.15) is 0 Å². The molecule has 3 N–H and O–H groups in total. The van der Waals surface area contributed by atoms with Crippen molar-refractivity contribution in [1.82, 2.24) is 9.21 Å². The predicted octanol–water partition coefficient (Wildman–Crippen LogP) is 2.07. The molecule has 0 atom stereocenters.